The van der Waals surface area contributed by atoms with E-state index in [2.05, 4.69) is 5.32 Å². The van der Waals surface area contributed by atoms with E-state index in [0.717, 1.165) is 17.0 Å². The van der Waals surface area contributed by atoms with Crippen LogP contribution in [0.25, 0.3) is 0 Å². The molecule has 0 bridgehead atoms. The first-order valence-corrected chi connectivity index (χ1v) is 5.90. The van der Waals surface area contributed by atoms with E-state index in [-0.39, 0.29) is 0 Å². The molecule has 2 N–H and O–H groups in total. The molecular weight excluding hydrogens is 226 g/mol. The lowest BCUT2D eigenvalue weighted by molar-refractivity contribution is 0.191. The van der Waals surface area contributed by atoms with Gasteiger partial charge in [0.25, 0.3) is 0 Å². The van der Waals surface area contributed by atoms with Crippen LogP contribution in [0.2, 0.25) is 0 Å². The van der Waals surface area contributed by atoms with Crippen LogP contribution in [0.5, 0.6) is 5.75 Å². The molecule has 18 heavy (non-hydrogen) atoms. The third-order valence-corrected chi connectivity index (χ3v) is 2.77. The van der Waals surface area contributed by atoms with E-state index >= 15 is 0 Å². The Bertz CT molecular complexity index is 468. The highest BCUT2D eigenvalue weighted by atomic mass is 16.5. The van der Waals surface area contributed by atoms with Gasteiger partial charge in [-0.25, -0.2) is 0 Å². The molecule has 0 heterocycles. The smallest absolute Gasteiger partial charge is 0.118 e. The highest BCUT2D eigenvalue weighted by molar-refractivity contribution is 5.42. The highest BCUT2D eigenvalue weighted by Gasteiger charge is 2.06. The zero-order chi connectivity index (χ0) is 12.8. The molecule has 0 fully saturated rings. The van der Waals surface area contributed by atoms with Crippen LogP contribution in [-0.2, 0) is 0 Å². The van der Waals surface area contributed by atoms with Crippen LogP contribution >= 0.6 is 0 Å². The number of aliphatic hydroxyl groups excluding tert-OH is 1. The molecule has 0 aliphatic rings. The van der Waals surface area contributed by atoms with Crippen molar-refractivity contribution < 1.29 is 9.84 Å². The summed E-state index contributed by atoms with van der Waals surface area (Å²) >= 11 is 0. The fraction of sp³-hybridized carbons (Fsp3) is 0.200. The molecule has 1 atom stereocenters. The monoisotopic (exact) mass is 243 g/mol. The van der Waals surface area contributed by atoms with Gasteiger partial charge in [-0.1, -0.05) is 30.3 Å². The van der Waals surface area contributed by atoms with E-state index in [1.807, 2.05) is 54.6 Å². The maximum atomic E-state index is 10.0. The predicted octanol–water partition coefficient (Wildman–Crippen LogP) is 2.84. The third-order valence-electron chi connectivity index (χ3n) is 2.77. The largest absolute Gasteiger partial charge is 0.497 e. The molecule has 3 nitrogen and oxygen atoms in total. The Morgan fingerprint density at radius 1 is 1.06 bits per heavy atom. The quantitative estimate of drug-likeness (QED) is 0.848. The summed E-state index contributed by atoms with van der Waals surface area (Å²) in [6.07, 6.45) is -0.531. The van der Waals surface area contributed by atoms with Gasteiger partial charge in [-0.3, -0.25) is 0 Å². The van der Waals surface area contributed by atoms with Crippen LogP contribution in [0.3, 0.4) is 0 Å². The summed E-state index contributed by atoms with van der Waals surface area (Å²) in [4.78, 5) is 0. The van der Waals surface area contributed by atoms with Gasteiger partial charge in [0.05, 0.1) is 13.2 Å². The van der Waals surface area contributed by atoms with E-state index in [1.54, 1.807) is 7.11 Å². The minimum Gasteiger partial charge on any atom is -0.497 e. The predicted molar refractivity (Wildman–Crippen MR) is 72.9 cm³/mol. The molecule has 2 aromatic rings. The van der Waals surface area contributed by atoms with Gasteiger partial charge in [0.2, 0.25) is 0 Å². The minimum absolute atomic E-state index is 0.482. The molecule has 0 aliphatic heterocycles. The summed E-state index contributed by atoms with van der Waals surface area (Å²) in [6, 6.07) is 17.3. The zero-order valence-corrected chi connectivity index (χ0v) is 10.3. The van der Waals surface area contributed by atoms with Crippen LogP contribution in [0.1, 0.15) is 11.7 Å². The lowest BCUT2D eigenvalue weighted by Crippen LogP contribution is -2.11. The first kappa shape index (κ1) is 12.5. The molecule has 0 saturated heterocycles. The normalized spacial score (nSPS) is 11.9. The Hall–Kier alpha value is -2.00. The van der Waals surface area contributed by atoms with Gasteiger partial charge in [0, 0.05) is 12.2 Å². The molecule has 0 saturated carbocycles. The van der Waals surface area contributed by atoms with Crippen LogP contribution in [-0.4, -0.2) is 18.8 Å². The maximum Gasteiger partial charge on any atom is 0.118 e. The summed E-state index contributed by atoms with van der Waals surface area (Å²) in [5, 5.41) is 13.2. The Morgan fingerprint density at radius 2 is 1.72 bits per heavy atom. The summed E-state index contributed by atoms with van der Waals surface area (Å²) in [6.45, 7) is 0.482. The van der Waals surface area contributed by atoms with Crippen LogP contribution in [0.15, 0.2) is 54.6 Å². The average Bonchev–Trinajstić information content (AvgIpc) is 2.46. The number of hydrogen-bond acceptors (Lipinski definition) is 3. The number of anilines is 1. The van der Waals surface area contributed by atoms with Gasteiger partial charge < -0.3 is 15.2 Å². The summed E-state index contributed by atoms with van der Waals surface area (Å²) in [5.74, 6) is 0.793. The van der Waals surface area contributed by atoms with Crippen LogP contribution in [0.4, 0.5) is 5.69 Å². The first-order chi connectivity index (χ1) is 8.79. The molecule has 0 aromatic heterocycles. The topological polar surface area (TPSA) is 41.5 Å². The van der Waals surface area contributed by atoms with Crippen molar-refractivity contribution in [3.05, 3.63) is 60.2 Å². The van der Waals surface area contributed by atoms with Gasteiger partial charge in [-0.2, -0.15) is 0 Å². The van der Waals surface area contributed by atoms with Crippen molar-refractivity contribution in [2.45, 2.75) is 6.10 Å². The van der Waals surface area contributed by atoms with E-state index in [1.165, 1.54) is 0 Å². The number of aliphatic hydroxyl groups is 1. The van der Waals surface area contributed by atoms with Gasteiger partial charge in [-0.15, -0.1) is 0 Å². The fourth-order valence-electron chi connectivity index (χ4n) is 1.71. The van der Waals surface area contributed by atoms with Crippen molar-refractivity contribution in [2.75, 3.05) is 19.0 Å². The second kappa shape index (κ2) is 6.07. The second-order valence-electron chi connectivity index (χ2n) is 4.04. The van der Waals surface area contributed by atoms with E-state index < -0.39 is 6.10 Å². The Kier molecular flexibility index (Phi) is 4.20. The van der Waals surface area contributed by atoms with E-state index in [9.17, 15) is 5.11 Å². The molecule has 1 unspecified atom stereocenters. The number of rotatable bonds is 5. The molecule has 0 amide bonds. The molecule has 0 radical (unpaired) electrons. The number of ether oxygens (including phenoxy) is 1. The van der Waals surface area contributed by atoms with Crippen LogP contribution < -0.4 is 10.1 Å². The number of methoxy groups -OCH3 is 1. The maximum absolute atomic E-state index is 10.0. The van der Waals surface area contributed by atoms with Crippen molar-refractivity contribution in [1.29, 1.82) is 0 Å². The number of benzene rings is 2. The Labute approximate surface area is 107 Å². The number of para-hydroxylation sites is 1. The summed E-state index contributed by atoms with van der Waals surface area (Å²) < 4.78 is 5.08. The van der Waals surface area contributed by atoms with Gasteiger partial charge in [0.1, 0.15) is 5.75 Å². The lowest BCUT2D eigenvalue weighted by atomic mass is 10.1. The van der Waals surface area contributed by atoms with Gasteiger partial charge >= 0.3 is 0 Å². The Balaban J connectivity index is 1.93. The SMILES string of the molecule is COc1ccc(C(O)CNc2ccccc2)cc1. The standard InChI is InChI=1S/C15H17NO2/c1-18-14-9-7-12(8-10-14)15(17)11-16-13-5-3-2-4-6-13/h2-10,15-17H,11H2,1H3. The zero-order valence-electron chi connectivity index (χ0n) is 10.3. The van der Waals surface area contributed by atoms with Gasteiger partial charge in [0.15, 0.2) is 0 Å². The summed E-state index contributed by atoms with van der Waals surface area (Å²) in [5.41, 5.74) is 1.88. The number of nitrogens with one attached hydrogen (secondary N) is 1. The molecular formula is C15H17NO2. The number of hydrogen-bond donors (Lipinski definition) is 2. The second-order valence-corrected chi connectivity index (χ2v) is 4.04. The molecule has 3 heteroatoms. The Morgan fingerprint density at radius 3 is 2.33 bits per heavy atom. The molecule has 2 aromatic carbocycles. The first-order valence-electron chi connectivity index (χ1n) is 5.90. The fourth-order valence-corrected chi connectivity index (χ4v) is 1.71. The average molecular weight is 243 g/mol. The van der Waals surface area contributed by atoms with Crippen molar-refractivity contribution in [3.8, 4) is 5.75 Å². The van der Waals surface area contributed by atoms with Crippen molar-refractivity contribution >= 4 is 5.69 Å². The van der Waals surface area contributed by atoms with Crippen molar-refractivity contribution in [1.82, 2.24) is 0 Å². The van der Waals surface area contributed by atoms with Gasteiger partial charge in [-0.05, 0) is 29.8 Å². The van der Waals surface area contributed by atoms with E-state index in [4.69, 9.17) is 4.74 Å². The molecule has 0 aliphatic carbocycles. The lowest BCUT2D eigenvalue weighted by Gasteiger charge is -2.13. The molecule has 2 rings (SSSR count). The molecule has 94 valence electrons. The van der Waals surface area contributed by atoms with Crippen molar-refractivity contribution in [2.24, 2.45) is 0 Å². The van der Waals surface area contributed by atoms with Crippen molar-refractivity contribution in [3.63, 3.8) is 0 Å². The summed E-state index contributed by atoms with van der Waals surface area (Å²) in [7, 11) is 1.63. The minimum atomic E-state index is -0.531. The molecule has 0 spiro atoms. The highest BCUT2D eigenvalue weighted by Crippen LogP contribution is 2.18. The third kappa shape index (κ3) is 3.25. The van der Waals surface area contributed by atoms with E-state index in [0.29, 0.717) is 6.54 Å². The van der Waals surface area contributed by atoms with Crippen LogP contribution in [0, 0.1) is 0 Å².